The van der Waals surface area contributed by atoms with Gasteiger partial charge in [0.25, 0.3) is 0 Å². The van der Waals surface area contributed by atoms with E-state index in [0.29, 0.717) is 11.8 Å². The molecular formula is C13H28N2O. The molecule has 0 aromatic carbocycles. The van der Waals surface area contributed by atoms with Gasteiger partial charge in [0.05, 0.1) is 12.7 Å². The molecule has 0 aromatic heterocycles. The Labute approximate surface area is 101 Å². The van der Waals surface area contributed by atoms with E-state index in [1.165, 1.54) is 0 Å². The average Bonchev–Trinajstić information content (AvgIpc) is 2.20. The van der Waals surface area contributed by atoms with E-state index in [4.69, 9.17) is 4.74 Å². The molecule has 0 amide bonds. The Bertz CT molecular complexity index is 218. The summed E-state index contributed by atoms with van der Waals surface area (Å²) in [5.41, 5.74) is -0.0127. The first-order chi connectivity index (χ1) is 7.46. The standard InChI is InChI=1S/C13H28N2O/c1-7-14-13(11(4)5)12(10(2)3)16-9-8-15(13)6/h10-12,14H,7-9H2,1-6H3. The van der Waals surface area contributed by atoms with Crippen LogP contribution < -0.4 is 5.32 Å². The van der Waals surface area contributed by atoms with E-state index >= 15 is 0 Å². The topological polar surface area (TPSA) is 24.5 Å². The monoisotopic (exact) mass is 228 g/mol. The maximum Gasteiger partial charge on any atom is 0.101 e. The number of nitrogens with zero attached hydrogens (tertiary/aromatic N) is 1. The second kappa shape index (κ2) is 5.48. The van der Waals surface area contributed by atoms with Crippen molar-refractivity contribution >= 4 is 0 Å². The largest absolute Gasteiger partial charge is 0.373 e. The lowest BCUT2D eigenvalue weighted by molar-refractivity contribution is -0.169. The summed E-state index contributed by atoms with van der Waals surface area (Å²) in [6.45, 7) is 14.1. The van der Waals surface area contributed by atoms with Crippen LogP contribution in [0.4, 0.5) is 0 Å². The fourth-order valence-electron chi connectivity index (χ4n) is 3.04. The second-order valence-electron chi connectivity index (χ2n) is 5.47. The highest BCUT2D eigenvalue weighted by Crippen LogP contribution is 2.33. The summed E-state index contributed by atoms with van der Waals surface area (Å²) in [6.07, 6.45) is 0.270. The van der Waals surface area contributed by atoms with Crippen LogP contribution in [-0.4, -0.2) is 43.4 Å². The van der Waals surface area contributed by atoms with Crippen LogP contribution in [-0.2, 0) is 4.74 Å². The first-order valence-electron chi connectivity index (χ1n) is 6.54. The zero-order valence-electron chi connectivity index (χ0n) is 11.7. The van der Waals surface area contributed by atoms with Gasteiger partial charge in [0.2, 0.25) is 0 Å². The molecule has 2 unspecified atom stereocenters. The van der Waals surface area contributed by atoms with Gasteiger partial charge in [0.15, 0.2) is 0 Å². The van der Waals surface area contributed by atoms with Crippen LogP contribution in [0.2, 0.25) is 0 Å². The molecule has 0 spiro atoms. The molecule has 1 aliphatic heterocycles. The molecule has 1 saturated heterocycles. The third-order valence-electron chi connectivity index (χ3n) is 3.74. The van der Waals surface area contributed by atoms with Crippen molar-refractivity contribution in [2.45, 2.75) is 46.4 Å². The summed E-state index contributed by atoms with van der Waals surface area (Å²) in [5.74, 6) is 1.06. The van der Waals surface area contributed by atoms with Crippen molar-refractivity contribution < 1.29 is 4.74 Å². The normalized spacial score (nSPS) is 32.6. The van der Waals surface area contributed by atoms with Crippen LogP contribution in [0.1, 0.15) is 34.6 Å². The molecule has 0 saturated carbocycles. The van der Waals surface area contributed by atoms with Crippen molar-refractivity contribution in [1.29, 1.82) is 0 Å². The number of morpholine rings is 1. The van der Waals surface area contributed by atoms with Crippen molar-refractivity contribution in [3.05, 3.63) is 0 Å². The number of hydrogen-bond acceptors (Lipinski definition) is 3. The van der Waals surface area contributed by atoms with Crippen LogP contribution in [0, 0.1) is 11.8 Å². The molecule has 1 heterocycles. The van der Waals surface area contributed by atoms with Crippen LogP contribution in [0.15, 0.2) is 0 Å². The number of hydrogen-bond donors (Lipinski definition) is 1. The second-order valence-corrected chi connectivity index (χ2v) is 5.47. The zero-order chi connectivity index (χ0) is 12.3. The van der Waals surface area contributed by atoms with Crippen molar-refractivity contribution in [3.63, 3.8) is 0 Å². The van der Waals surface area contributed by atoms with E-state index in [1.54, 1.807) is 0 Å². The minimum absolute atomic E-state index is 0.0127. The van der Waals surface area contributed by atoms with Gasteiger partial charge in [-0.05, 0) is 25.4 Å². The molecule has 3 nitrogen and oxygen atoms in total. The first-order valence-corrected chi connectivity index (χ1v) is 6.54. The number of nitrogens with one attached hydrogen (secondary N) is 1. The van der Waals surface area contributed by atoms with Crippen LogP contribution in [0.3, 0.4) is 0 Å². The average molecular weight is 228 g/mol. The zero-order valence-corrected chi connectivity index (χ0v) is 11.7. The quantitative estimate of drug-likeness (QED) is 0.796. The lowest BCUT2D eigenvalue weighted by atomic mass is 9.81. The molecule has 0 bridgehead atoms. The molecular weight excluding hydrogens is 200 g/mol. The lowest BCUT2D eigenvalue weighted by Crippen LogP contribution is -2.72. The molecule has 2 atom stereocenters. The van der Waals surface area contributed by atoms with Gasteiger partial charge in [-0.2, -0.15) is 0 Å². The van der Waals surface area contributed by atoms with Crippen molar-refractivity contribution in [1.82, 2.24) is 10.2 Å². The summed E-state index contributed by atoms with van der Waals surface area (Å²) in [5, 5.41) is 3.68. The van der Waals surface area contributed by atoms with Gasteiger partial charge in [-0.1, -0.05) is 34.6 Å². The Hall–Kier alpha value is -0.120. The van der Waals surface area contributed by atoms with E-state index in [2.05, 4.69) is 51.9 Å². The van der Waals surface area contributed by atoms with Crippen molar-refractivity contribution in [2.75, 3.05) is 26.7 Å². The predicted octanol–water partition coefficient (Wildman–Crippen LogP) is 1.93. The number of ether oxygens (including phenoxy) is 1. The third kappa shape index (κ3) is 2.27. The summed E-state index contributed by atoms with van der Waals surface area (Å²) in [7, 11) is 2.21. The first kappa shape index (κ1) is 13.9. The molecule has 96 valence electrons. The maximum absolute atomic E-state index is 6.04. The van der Waals surface area contributed by atoms with Gasteiger partial charge in [0.1, 0.15) is 5.66 Å². The molecule has 1 N–H and O–H groups in total. The predicted molar refractivity (Wildman–Crippen MR) is 68.5 cm³/mol. The molecule has 1 aliphatic rings. The summed E-state index contributed by atoms with van der Waals surface area (Å²) in [6, 6.07) is 0. The Morgan fingerprint density at radius 2 is 2.00 bits per heavy atom. The molecule has 0 aromatic rings. The minimum atomic E-state index is -0.0127. The maximum atomic E-state index is 6.04. The SMILES string of the molecule is CCNC1(C(C)C)C(C(C)C)OCCN1C. The Kier molecular flexibility index (Phi) is 4.77. The highest BCUT2D eigenvalue weighted by Gasteiger charge is 2.48. The lowest BCUT2D eigenvalue weighted by Gasteiger charge is -2.54. The van der Waals surface area contributed by atoms with Crippen molar-refractivity contribution in [3.8, 4) is 0 Å². The van der Waals surface area contributed by atoms with Crippen LogP contribution in [0.25, 0.3) is 0 Å². The van der Waals surface area contributed by atoms with Gasteiger partial charge >= 0.3 is 0 Å². The van der Waals surface area contributed by atoms with Crippen LogP contribution in [0.5, 0.6) is 0 Å². The number of likely N-dealkylation sites (N-methyl/N-ethyl adjacent to an activating group) is 2. The van der Waals surface area contributed by atoms with Crippen LogP contribution >= 0.6 is 0 Å². The van der Waals surface area contributed by atoms with Gasteiger partial charge in [-0.25, -0.2) is 0 Å². The third-order valence-corrected chi connectivity index (χ3v) is 3.74. The minimum Gasteiger partial charge on any atom is -0.373 e. The van der Waals surface area contributed by atoms with Gasteiger partial charge in [0, 0.05) is 6.54 Å². The molecule has 1 rings (SSSR count). The molecule has 0 radical (unpaired) electrons. The fourth-order valence-corrected chi connectivity index (χ4v) is 3.04. The van der Waals surface area contributed by atoms with E-state index in [-0.39, 0.29) is 11.8 Å². The van der Waals surface area contributed by atoms with Gasteiger partial charge in [-0.3, -0.25) is 10.2 Å². The highest BCUT2D eigenvalue weighted by molar-refractivity contribution is 5.00. The molecule has 16 heavy (non-hydrogen) atoms. The number of rotatable bonds is 4. The Morgan fingerprint density at radius 3 is 2.44 bits per heavy atom. The van der Waals surface area contributed by atoms with Gasteiger partial charge in [-0.15, -0.1) is 0 Å². The highest BCUT2D eigenvalue weighted by atomic mass is 16.5. The smallest absolute Gasteiger partial charge is 0.101 e. The molecule has 3 heteroatoms. The van der Waals surface area contributed by atoms with E-state index in [1.807, 2.05) is 0 Å². The fraction of sp³-hybridized carbons (Fsp3) is 1.00. The van der Waals surface area contributed by atoms with E-state index < -0.39 is 0 Å². The van der Waals surface area contributed by atoms with Crippen molar-refractivity contribution in [2.24, 2.45) is 11.8 Å². The summed E-state index contributed by atoms with van der Waals surface area (Å²) in [4.78, 5) is 2.44. The van der Waals surface area contributed by atoms with E-state index in [9.17, 15) is 0 Å². The Balaban J connectivity index is 3.03. The van der Waals surface area contributed by atoms with Gasteiger partial charge < -0.3 is 4.74 Å². The molecule has 0 aliphatic carbocycles. The van der Waals surface area contributed by atoms with E-state index in [0.717, 1.165) is 19.7 Å². The molecule has 1 fully saturated rings. The Morgan fingerprint density at radius 1 is 1.38 bits per heavy atom. The summed E-state index contributed by atoms with van der Waals surface area (Å²) >= 11 is 0. The summed E-state index contributed by atoms with van der Waals surface area (Å²) < 4.78 is 6.04.